The van der Waals surface area contributed by atoms with Gasteiger partial charge in [0.25, 0.3) is 0 Å². The van der Waals surface area contributed by atoms with E-state index in [4.69, 9.17) is 4.74 Å². The van der Waals surface area contributed by atoms with Crippen molar-refractivity contribution in [1.82, 2.24) is 4.57 Å². The van der Waals surface area contributed by atoms with Crippen LogP contribution in [0.1, 0.15) is 5.69 Å². The second-order valence-corrected chi connectivity index (χ2v) is 12.7. The second kappa shape index (κ2) is 5.81. The lowest BCUT2D eigenvalue weighted by Crippen LogP contribution is -2.22. The summed E-state index contributed by atoms with van der Waals surface area (Å²) in [5.41, 5.74) is 2.48. The summed E-state index contributed by atoms with van der Waals surface area (Å²) in [6, 6.07) is 9.73. The highest BCUT2D eigenvalue weighted by Crippen LogP contribution is 2.27. The summed E-state index contributed by atoms with van der Waals surface area (Å²) in [6.07, 6.45) is 0. The van der Waals surface area contributed by atoms with E-state index in [0.717, 1.165) is 11.1 Å². The van der Waals surface area contributed by atoms with Crippen molar-refractivity contribution in [3.63, 3.8) is 0 Å². The van der Waals surface area contributed by atoms with E-state index in [9.17, 15) is 0 Å². The van der Waals surface area contributed by atoms with Crippen LogP contribution in [0.3, 0.4) is 0 Å². The van der Waals surface area contributed by atoms with Crippen LogP contribution in [0.15, 0.2) is 28.7 Å². The predicted molar refractivity (Wildman–Crippen MR) is 88.5 cm³/mol. The van der Waals surface area contributed by atoms with Gasteiger partial charge in [-0.05, 0) is 31.2 Å². The van der Waals surface area contributed by atoms with Gasteiger partial charge < -0.3 is 9.30 Å². The molecule has 1 aromatic heterocycles. The zero-order valence-electron chi connectivity index (χ0n) is 12.2. The summed E-state index contributed by atoms with van der Waals surface area (Å²) < 4.78 is 9.25. The fraction of sp³-hybridized carbons (Fsp3) is 0.467. The van der Waals surface area contributed by atoms with Crippen LogP contribution in [0.5, 0.6) is 0 Å². The highest BCUT2D eigenvalue weighted by Gasteiger charge is 2.13. The Hall–Kier alpha value is -0.583. The van der Waals surface area contributed by atoms with Gasteiger partial charge in [-0.1, -0.05) is 41.6 Å². The topological polar surface area (TPSA) is 14.2 Å². The van der Waals surface area contributed by atoms with Crippen LogP contribution in [0, 0.1) is 6.92 Å². The maximum absolute atomic E-state index is 5.87. The largest absolute Gasteiger partial charge is 0.361 e. The average molecular weight is 340 g/mol. The van der Waals surface area contributed by atoms with Crippen molar-refractivity contribution in [2.75, 3.05) is 6.61 Å². The molecule has 0 aliphatic carbocycles. The van der Waals surface area contributed by atoms with Crippen LogP contribution >= 0.6 is 15.9 Å². The number of benzene rings is 1. The van der Waals surface area contributed by atoms with Gasteiger partial charge in [0.05, 0.1) is 5.52 Å². The second-order valence-electron chi connectivity index (χ2n) is 6.23. The molecule has 0 atom stereocenters. The van der Waals surface area contributed by atoms with E-state index < -0.39 is 8.07 Å². The van der Waals surface area contributed by atoms with Crippen molar-refractivity contribution in [2.24, 2.45) is 0 Å². The number of hydrogen-bond donors (Lipinski definition) is 0. The van der Waals surface area contributed by atoms with E-state index in [-0.39, 0.29) is 0 Å². The van der Waals surface area contributed by atoms with Gasteiger partial charge in [-0.25, -0.2) is 0 Å². The Kier molecular flexibility index (Phi) is 4.53. The first-order valence-corrected chi connectivity index (χ1v) is 11.2. The number of nitrogens with zero attached hydrogens (tertiary/aromatic N) is 1. The van der Waals surface area contributed by atoms with Gasteiger partial charge in [0, 0.05) is 30.2 Å². The molecule has 0 bridgehead atoms. The first-order chi connectivity index (χ1) is 8.88. The molecule has 0 amide bonds. The monoisotopic (exact) mass is 339 g/mol. The Bertz CT molecular complexity index is 571. The Balaban J connectivity index is 2.09. The normalized spacial score (nSPS) is 12.3. The van der Waals surface area contributed by atoms with Gasteiger partial charge in [0.1, 0.15) is 6.73 Å². The maximum Gasteiger partial charge on any atom is 0.123 e. The Morgan fingerprint density at radius 3 is 2.68 bits per heavy atom. The molecule has 0 aliphatic heterocycles. The molecule has 2 nitrogen and oxygen atoms in total. The molecule has 0 unspecified atom stereocenters. The number of aromatic nitrogens is 1. The van der Waals surface area contributed by atoms with E-state index in [0.29, 0.717) is 6.73 Å². The number of halogens is 1. The molecule has 19 heavy (non-hydrogen) atoms. The molecule has 0 saturated carbocycles. The molecule has 0 fully saturated rings. The van der Waals surface area contributed by atoms with Gasteiger partial charge in [0.2, 0.25) is 0 Å². The fourth-order valence-electron chi connectivity index (χ4n) is 2.09. The number of hydrogen-bond acceptors (Lipinski definition) is 1. The Morgan fingerprint density at radius 2 is 2.00 bits per heavy atom. The third-order valence-corrected chi connectivity index (χ3v) is 5.71. The van der Waals surface area contributed by atoms with E-state index in [1.807, 2.05) is 0 Å². The fourth-order valence-corrected chi connectivity index (χ4v) is 3.31. The maximum atomic E-state index is 5.87. The first kappa shape index (κ1) is 14.8. The predicted octanol–water partition coefficient (Wildman–Crippen LogP) is 5.02. The van der Waals surface area contributed by atoms with Crippen molar-refractivity contribution in [3.8, 4) is 0 Å². The molecule has 2 aromatic rings. The minimum Gasteiger partial charge on any atom is -0.361 e. The van der Waals surface area contributed by atoms with Gasteiger partial charge in [-0.2, -0.15) is 0 Å². The van der Waals surface area contributed by atoms with E-state index in [2.05, 4.69) is 71.3 Å². The lowest BCUT2D eigenvalue weighted by Gasteiger charge is -2.16. The smallest absolute Gasteiger partial charge is 0.123 e. The van der Waals surface area contributed by atoms with Crippen molar-refractivity contribution in [3.05, 3.63) is 34.4 Å². The quantitative estimate of drug-likeness (QED) is 0.550. The minimum absolute atomic E-state index is 0.649. The number of aryl methyl sites for hydroxylation is 1. The molecule has 0 aliphatic rings. The standard InChI is InChI=1S/C15H22BrNOSi/c1-12-10-13-14(16)6-5-7-15(13)17(12)11-18-8-9-19(2,3)4/h5-7,10H,8-9,11H2,1-4H3. The van der Waals surface area contributed by atoms with Crippen LogP contribution in [0.25, 0.3) is 10.9 Å². The summed E-state index contributed by atoms with van der Waals surface area (Å²) in [7, 11) is -0.997. The van der Waals surface area contributed by atoms with Crippen molar-refractivity contribution in [2.45, 2.75) is 39.3 Å². The van der Waals surface area contributed by atoms with Gasteiger partial charge in [0.15, 0.2) is 0 Å². The van der Waals surface area contributed by atoms with E-state index in [1.165, 1.54) is 22.6 Å². The van der Waals surface area contributed by atoms with E-state index in [1.54, 1.807) is 0 Å². The van der Waals surface area contributed by atoms with Gasteiger partial charge >= 0.3 is 0 Å². The zero-order chi connectivity index (χ0) is 14.0. The highest BCUT2D eigenvalue weighted by molar-refractivity contribution is 9.10. The van der Waals surface area contributed by atoms with Crippen molar-refractivity contribution < 1.29 is 4.74 Å². The van der Waals surface area contributed by atoms with Gasteiger partial charge in [-0.3, -0.25) is 0 Å². The lowest BCUT2D eigenvalue weighted by molar-refractivity contribution is 0.0890. The van der Waals surface area contributed by atoms with Crippen LogP contribution < -0.4 is 0 Å². The highest BCUT2D eigenvalue weighted by atomic mass is 79.9. The lowest BCUT2D eigenvalue weighted by atomic mass is 10.2. The molecule has 0 spiro atoms. The summed E-state index contributed by atoms with van der Waals surface area (Å²) in [6.45, 7) is 10.8. The molecule has 1 aromatic carbocycles. The molecule has 104 valence electrons. The zero-order valence-corrected chi connectivity index (χ0v) is 14.8. The van der Waals surface area contributed by atoms with Crippen LogP contribution in [-0.4, -0.2) is 19.2 Å². The molecular formula is C15H22BrNOSi. The molecule has 1 heterocycles. The average Bonchev–Trinajstić information content (AvgIpc) is 2.62. The number of rotatable bonds is 5. The summed E-state index contributed by atoms with van der Waals surface area (Å²) >= 11 is 3.60. The molecule has 0 radical (unpaired) electrons. The minimum atomic E-state index is -0.997. The summed E-state index contributed by atoms with van der Waals surface area (Å²) in [4.78, 5) is 0. The van der Waals surface area contributed by atoms with Crippen LogP contribution in [0.2, 0.25) is 25.7 Å². The molecule has 2 rings (SSSR count). The third-order valence-electron chi connectivity index (χ3n) is 3.32. The van der Waals surface area contributed by atoms with E-state index >= 15 is 0 Å². The van der Waals surface area contributed by atoms with Crippen molar-refractivity contribution in [1.29, 1.82) is 0 Å². The number of ether oxygens (including phenoxy) is 1. The Morgan fingerprint density at radius 1 is 1.26 bits per heavy atom. The summed E-state index contributed by atoms with van der Waals surface area (Å²) in [5.74, 6) is 0. The molecule has 0 saturated heterocycles. The SMILES string of the molecule is Cc1cc2c(Br)cccc2n1COCC[Si](C)(C)C. The molecule has 0 N–H and O–H groups in total. The third kappa shape index (κ3) is 3.71. The first-order valence-electron chi connectivity index (χ1n) is 6.70. The Labute approximate surface area is 124 Å². The van der Waals surface area contributed by atoms with Crippen LogP contribution in [0.4, 0.5) is 0 Å². The van der Waals surface area contributed by atoms with Crippen molar-refractivity contribution >= 4 is 34.9 Å². The molecule has 4 heteroatoms. The molecular weight excluding hydrogens is 318 g/mol. The van der Waals surface area contributed by atoms with Gasteiger partial charge in [-0.15, -0.1) is 0 Å². The van der Waals surface area contributed by atoms with Crippen LogP contribution in [-0.2, 0) is 11.5 Å². The summed E-state index contributed by atoms with van der Waals surface area (Å²) in [5, 5.41) is 1.26. The number of fused-ring (bicyclic) bond motifs is 1.